The second kappa shape index (κ2) is 12.4. The lowest BCUT2D eigenvalue weighted by molar-refractivity contribution is -0.141. The normalized spacial score (nSPS) is 11.8. The summed E-state index contributed by atoms with van der Waals surface area (Å²) in [4.78, 5) is 28.7. The van der Waals surface area contributed by atoms with Gasteiger partial charge in [-0.1, -0.05) is 87.7 Å². The number of carbonyl (C=O) groups excluding carboxylic acids is 2. The molecule has 0 bridgehead atoms. The summed E-state index contributed by atoms with van der Waals surface area (Å²) in [6.07, 6.45) is 0.461. The van der Waals surface area contributed by atoms with Gasteiger partial charge in [0, 0.05) is 33.5 Å². The Kier molecular flexibility index (Phi) is 9.57. The number of halogens is 3. The van der Waals surface area contributed by atoms with E-state index in [1.54, 1.807) is 23.1 Å². The van der Waals surface area contributed by atoms with Crippen LogP contribution in [0.3, 0.4) is 0 Å². The van der Waals surface area contributed by atoms with E-state index in [1.165, 1.54) is 0 Å². The molecule has 3 aromatic rings. The minimum absolute atomic E-state index is 0.0545. The summed E-state index contributed by atoms with van der Waals surface area (Å²) in [6.45, 7) is 4.11. The highest BCUT2D eigenvalue weighted by atomic mass is 79.9. The molecule has 178 valence electrons. The molecule has 3 rings (SSSR count). The van der Waals surface area contributed by atoms with Crippen molar-refractivity contribution in [3.05, 3.63) is 104 Å². The summed E-state index contributed by atoms with van der Waals surface area (Å²) in [6, 6.07) is 21.8. The Labute approximate surface area is 219 Å². The fourth-order valence-corrected chi connectivity index (χ4v) is 4.39. The molecule has 3 aromatic carbocycles. The van der Waals surface area contributed by atoms with Crippen molar-refractivity contribution in [3.63, 3.8) is 0 Å². The first-order valence-electron chi connectivity index (χ1n) is 11.0. The molecule has 0 saturated heterocycles. The first-order chi connectivity index (χ1) is 16.2. The maximum absolute atomic E-state index is 13.7. The van der Waals surface area contributed by atoms with Crippen LogP contribution in [0.1, 0.15) is 30.5 Å². The Hall–Kier alpha value is -2.34. The van der Waals surface area contributed by atoms with E-state index < -0.39 is 6.04 Å². The predicted molar refractivity (Wildman–Crippen MR) is 142 cm³/mol. The maximum Gasteiger partial charge on any atom is 0.243 e. The second-order valence-electron chi connectivity index (χ2n) is 8.43. The highest BCUT2D eigenvalue weighted by molar-refractivity contribution is 9.10. The fraction of sp³-hybridized carbons (Fsp3) is 0.259. The number of nitrogens with one attached hydrogen (secondary N) is 1. The van der Waals surface area contributed by atoms with Crippen LogP contribution in [0.4, 0.5) is 0 Å². The standard InChI is InChI=1S/C27H27BrCl2N2O2/c1-18(2)31-27(34)25(14-19-6-4-3-5-7-19)32(17-20-8-11-22(28)12-9-20)26(33)15-21-10-13-23(29)16-24(21)30/h3-13,16,18,25H,14-15,17H2,1-2H3,(H,31,34)/t25-/m0/s1. The SMILES string of the molecule is CC(C)NC(=O)[C@H](Cc1ccccc1)N(Cc1ccc(Br)cc1)C(=O)Cc1ccc(Cl)cc1Cl. The van der Waals surface area contributed by atoms with Gasteiger partial charge < -0.3 is 10.2 Å². The smallest absolute Gasteiger partial charge is 0.243 e. The van der Waals surface area contributed by atoms with Crippen LogP contribution < -0.4 is 5.32 Å². The van der Waals surface area contributed by atoms with E-state index in [4.69, 9.17) is 23.2 Å². The molecule has 0 heterocycles. The van der Waals surface area contributed by atoms with Crippen LogP contribution in [-0.2, 0) is 29.0 Å². The number of rotatable bonds is 9. The van der Waals surface area contributed by atoms with Gasteiger partial charge in [0.1, 0.15) is 6.04 Å². The Morgan fingerprint density at radius 2 is 1.62 bits per heavy atom. The minimum Gasteiger partial charge on any atom is -0.352 e. The van der Waals surface area contributed by atoms with Crippen molar-refractivity contribution in [3.8, 4) is 0 Å². The van der Waals surface area contributed by atoms with Crippen molar-refractivity contribution in [2.24, 2.45) is 0 Å². The number of carbonyl (C=O) groups is 2. The van der Waals surface area contributed by atoms with E-state index >= 15 is 0 Å². The molecule has 4 nitrogen and oxygen atoms in total. The summed E-state index contributed by atoms with van der Waals surface area (Å²) < 4.78 is 0.945. The van der Waals surface area contributed by atoms with E-state index in [0.29, 0.717) is 28.6 Å². The van der Waals surface area contributed by atoms with Crippen LogP contribution in [0.2, 0.25) is 10.0 Å². The quantitative estimate of drug-likeness (QED) is 0.326. The van der Waals surface area contributed by atoms with Crippen molar-refractivity contribution < 1.29 is 9.59 Å². The average Bonchev–Trinajstić information content (AvgIpc) is 2.79. The number of amides is 2. The fourth-order valence-electron chi connectivity index (χ4n) is 3.65. The molecule has 0 spiro atoms. The van der Waals surface area contributed by atoms with Crippen molar-refractivity contribution in [2.75, 3.05) is 0 Å². The maximum atomic E-state index is 13.7. The molecule has 0 aliphatic carbocycles. The minimum atomic E-state index is -0.688. The molecule has 0 fully saturated rings. The van der Waals surface area contributed by atoms with Crippen LogP contribution >= 0.6 is 39.1 Å². The zero-order valence-electron chi connectivity index (χ0n) is 19.1. The average molecular weight is 562 g/mol. The Morgan fingerprint density at radius 1 is 0.941 bits per heavy atom. The second-order valence-corrected chi connectivity index (χ2v) is 10.2. The van der Waals surface area contributed by atoms with E-state index in [0.717, 1.165) is 15.6 Å². The van der Waals surface area contributed by atoms with Gasteiger partial charge >= 0.3 is 0 Å². The van der Waals surface area contributed by atoms with Crippen molar-refractivity contribution in [2.45, 2.75) is 45.3 Å². The van der Waals surface area contributed by atoms with Crippen LogP contribution in [0.5, 0.6) is 0 Å². The monoisotopic (exact) mass is 560 g/mol. The molecule has 2 amide bonds. The van der Waals surface area contributed by atoms with Crippen LogP contribution in [0, 0.1) is 0 Å². The van der Waals surface area contributed by atoms with E-state index in [-0.39, 0.29) is 24.3 Å². The van der Waals surface area contributed by atoms with Crippen LogP contribution in [-0.4, -0.2) is 28.8 Å². The molecule has 0 aromatic heterocycles. The number of hydrogen-bond donors (Lipinski definition) is 1. The van der Waals surface area contributed by atoms with Crippen LogP contribution in [0.15, 0.2) is 77.3 Å². The molecule has 1 N–H and O–H groups in total. The number of benzene rings is 3. The third kappa shape index (κ3) is 7.59. The van der Waals surface area contributed by atoms with Gasteiger partial charge in [-0.3, -0.25) is 9.59 Å². The zero-order valence-corrected chi connectivity index (χ0v) is 22.2. The summed E-state index contributed by atoms with van der Waals surface area (Å²) >= 11 is 15.8. The van der Waals surface area contributed by atoms with Gasteiger partial charge in [-0.15, -0.1) is 0 Å². The lowest BCUT2D eigenvalue weighted by Gasteiger charge is -2.32. The summed E-state index contributed by atoms with van der Waals surface area (Å²) in [5.41, 5.74) is 2.57. The Morgan fingerprint density at radius 3 is 2.24 bits per heavy atom. The van der Waals surface area contributed by atoms with Gasteiger partial charge in [-0.05, 0) is 54.8 Å². The summed E-state index contributed by atoms with van der Waals surface area (Å²) in [5, 5.41) is 3.92. The lowest BCUT2D eigenvalue weighted by atomic mass is 10.0. The molecule has 0 unspecified atom stereocenters. The molecule has 34 heavy (non-hydrogen) atoms. The molecule has 0 radical (unpaired) electrons. The molecule has 0 aliphatic heterocycles. The first-order valence-corrected chi connectivity index (χ1v) is 12.6. The summed E-state index contributed by atoms with van der Waals surface area (Å²) in [5.74, 6) is -0.376. The van der Waals surface area contributed by atoms with Gasteiger partial charge in [0.2, 0.25) is 11.8 Å². The first kappa shape index (κ1) is 26.3. The number of nitrogens with zero attached hydrogens (tertiary/aromatic N) is 1. The molecule has 1 atom stereocenters. The molecule has 7 heteroatoms. The van der Waals surface area contributed by atoms with Gasteiger partial charge in [-0.25, -0.2) is 0 Å². The third-order valence-corrected chi connectivity index (χ3v) is 6.44. The molecular formula is C27H27BrCl2N2O2. The highest BCUT2D eigenvalue weighted by Crippen LogP contribution is 2.24. The summed E-state index contributed by atoms with van der Waals surface area (Å²) in [7, 11) is 0. The largest absolute Gasteiger partial charge is 0.352 e. The number of hydrogen-bond acceptors (Lipinski definition) is 2. The van der Waals surface area contributed by atoms with E-state index in [9.17, 15) is 9.59 Å². The van der Waals surface area contributed by atoms with Crippen molar-refractivity contribution in [1.82, 2.24) is 10.2 Å². The highest BCUT2D eigenvalue weighted by Gasteiger charge is 2.31. The van der Waals surface area contributed by atoms with Crippen LogP contribution in [0.25, 0.3) is 0 Å². The van der Waals surface area contributed by atoms with E-state index in [2.05, 4.69) is 21.2 Å². The third-order valence-electron chi connectivity index (χ3n) is 5.32. The van der Waals surface area contributed by atoms with E-state index in [1.807, 2.05) is 68.4 Å². The zero-order chi connectivity index (χ0) is 24.7. The molecule has 0 aliphatic rings. The van der Waals surface area contributed by atoms with Gasteiger partial charge in [0.25, 0.3) is 0 Å². The van der Waals surface area contributed by atoms with Crippen molar-refractivity contribution in [1.29, 1.82) is 0 Å². The molecule has 0 saturated carbocycles. The lowest BCUT2D eigenvalue weighted by Crippen LogP contribution is -2.52. The topological polar surface area (TPSA) is 49.4 Å². The van der Waals surface area contributed by atoms with Crippen molar-refractivity contribution >= 4 is 50.9 Å². The van der Waals surface area contributed by atoms with Gasteiger partial charge in [0.05, 0.1) is 6.42 Å². The Bertz CT molecular complexity index is 1120. The predicted octanol–water partition coefficient (Wildman–Crippen LogP) is 6.46. The Balaban J connectivity index is 1.98. The van der Waals surface area contributed by atoms with Gasteiger partial charge in [0.15, 0.2) is 0 Å². The van der Waals surface area contributed by atoms with Gasteiger partial charge in [-0.2, -0.15) is 0 Å². The molecular weight excluding hydrogens is 535 g/mol.